The third kappa shape index (κ3) is 3.13. The molecule has 0 unspecified atom stereocenters. The van der Waals surface area contributed by atoms with Crippen molar-refractivity contribution in [2.24, 2.45) is 0 Å². The van der Waals surface area contributed by atoms with Gasteiger partial charge in [0.25, 0.3) is 5.69 Å². The molecule has 0 aliphatic rings. The molecule has 1 rings (SSSR count). The largest absolute Gasteiger partial charge is 0.446 e. The Kier molecular flexibility index (Phi) is 3.47. The Hall–Kier alpha value is -1.24. The van der Waals surface area contributed by atoms with E-state index in [1.165, 1.54) is 13.8 Å². The van der Waals surface area contributed by atoms with Gasteiger partial charge >= 0.3 is 5.51 Å². The van der Waals surface area contributed by atoms with Crippen molar-refractivity contribution in [3.63, 3.8) is 0 Å². The summed E-state index contributed by atoms with van der Waals surface area (Å²) in [4.78, 5) is 9.88. The van der Waals surface area contributed by atoms with Crippen LogP contribution < -0.4 is 0 Å². The monoisotopic (exact) mass is 251 g/mol. The van der Waals surface area contributed by atoms with Crippen molar-refractivity contribution in [2.45, 2.75) is 24.3 Å². The standard InChI is InChI=1S/C9H8F3NO2S/c1-5-3-7(13(14)15)4-6(2)8(5)16-9(10,11)12/h3-4H,1-2H3. The molecule has 0 aromatic heterocycles. The molecular weight excluding hydrogens is 243 g/mol. The molecule has 0 amide bonds. The molecule has 0 heterocycles. The lowest BCUT2D eigenvalue weighted by Crippen LogP contribution is -2.02. The first-order valence-corrected chi connectivity index (χ1v) is 5.04. The van der Waals surface area contributed by atoms with Crippen molar-refractivity contribution < 1.29 is 18.1 Å². The summed E-state index contributed by atoms with van der Waals surface area (Å²) < 4.78 is 36.6. The van der Waals surface area contributed by atoms with Crippen LogP contribution in [0.5, 0.6) is 0 Å². The maximum atomic E-state index is 12.2. The Morgan fingerprint density at radius 2 is 1.69 bits per heavy atom. The highest BCUT2D eigenvalue weighted by molar-refractivity contribution is 8.00. The van der Waals surface area contributed by atoms with Crippen LogP contribution >= 0.6 is 11.8 Å². The number of thioether (sulfide) groups is 1. The SMILES string of the molecule is Cc1cc([N+](=O)[O-])cc(C)c1SC(F)(F)F. The third-order valence-electron chi connectivity index (χ3n) is 1.87. The molecule has 0 N–H and O–H groups in total. The van der Waals surface area contributed by atoms with E-state index in [0.717, 1.165) is 12.1 Å². The molecule has 1 aromatic rings. The van der Waals surface area contributed by atoms with Crippen molar-refractivity contribution in [1.29, 1.82) is 0 Å². The van der Waals surface area contributed by atoms with Gasteiger partial charge in [0.15, 0.2) is 0 Å². The van der Waals surface area contributed by atoms with Crippen molar-refractivity contribution >= 4 is 17.4 Å². The molecule has 16 heavy (non-hydrogen) atoms. The summed E-state index contributed by atoms with van der Waals surface area (Å²) in [6, 6.07) is 2.28. The number of nitrogens with zero attached hydrogens (tertiary/aromatic N) is 1. The highest BCUT2D eigenvalue weighted by atomic mass is 32.2. The van der Waals surface area contributed by atoms with Crippen molar-refractivity contribution in [3.8, 4) is 0 Å². The summed E-state index contributed by atoms with van der Waals surface area (Å²) in [5.41, 5.74) is -4.06. The lowest BCUT2D eigenvalue weighted by Gasteiger charge is -2.11. The zero-order valence-corrected chi connectivity index (χ0v) is 9.28. The lowest BCUT2D eigenvalue weighted by molar-refractivity contribution is -0.385. The van der Waals surface area contributed by atoms with Gasteiger partial charge in [0.2, 0.25) is 0 Å². The van der Waals surface area contributed by atoms with Gasteiger partial charge in [-0.05, 0) is 36.7 Å². The number of benzene rings is 1. The molecule has 0 spiro atoms. The molecule has 7 heteroatoms. The van der Waals surface area contributed by atoms with E-state index < -0.39 is 10.4 Å². The molecule has 0 radical (unpaired) electrons. The van der Waals surface area contributed by atoms with E-state index in [1.54, 1.807) is 0 Å². The van der Waals surface area contributed by atoms with Crippen LogP contribution in [0.1, 0.15) is 11.1 Å². The van der Waals surface area contributed by atoms with E-state index in [4.69, 9.17) is 0 Å². The van der Waals surface area contributed by atoms with E-state index >= 15 is 0 Å². The molecule has 0 atom stereocenters. The van der Waals surface area contributed by atoms with Gasteiger partial charge in [0, 0.05) is 17.0 Å². The molecule has 1 aromatic carbocycles. The third-order valence-corrected chi connectivity index (χ3v) is 2.95. The van der Waals surface area contributed by atoms with E-state index in [9.17, 15) is 23.3 Å². The number of alkyl halides is 3. The average molecular weight is 251 g/mol. The molecule has 3 nitrogen and oxygen atoms in total. The Morgan fingerprint density at radius 3 is 2.00 bits per heavy atom. The Labute approximate surface area is 93.8 Å². The smallest absolute Gasteiger partial charge is 0.258 e. The fourth-order valence-electron chi connectivity index (χ4n) is 1.31. The van der Waals surface area contributed by atoms with Gasteiger partial charge in [0.1, 0.15) is 0 Å². The number of non-ortho nitro benzene ring substituents is 1. The average Bonchev–Trinajstić information content (AvgIpc) is 2.09. The highest BCUT2D eigenvalue weighted by Gasteiger charge is 2.31. The predicted molar refractivity (Wildman–Crippen MR) is 54.5 cm³/mol. The summed E-state index contributed by atoms with van der Waals surface area (Å²) in [6.07, 6.45) is 0. The first kappa shape index (κ1) is 12.8. The Balaban J connectivity index is 3.18. The van der Waals surface area contributed by atoms with Gasteiger partial charge in [-0.1, -0.05) is 0 Å². The summed E-state index contributed by atoms with van der Waals surface area (Å²) in [6.45, 7) is 2.85. The Morgan fingerprint density at radius 1 is 1.25 bits per heavy atom. The van der Waals surface area contributed by atoms with Gasteiger partial charge in [-0.25, -0.2) is 0 Å². The van der Waals surface area contributed by atoms with Crippen LogP contribution in [0.2, 0.25) is 0 Å². The lowest BCUT2D eigenvalue weighted by atomic mass is 10.1. The minimum Gasteiger partial charge on any atom is -0.258 e. The minimum absolute atomic E-state index is 0.0260. The summed E-state index contributed by atoms with van der Waals surface area (Å²) in [5, 5.41) is 10.5. The number of nitro benzene ring substituents is 1. The van der Waals surface area contributed by atoms with Crippen LogP contribution in [-0.2, 0) is 0 Å². The summed E-state index contributed by atoms with van der Waals surface area (Å²) in [5.74, 6) is 0. The van der Waals surface area contributed by atoms with E-state index in [-0.39, 0.29) is 33.5 Å². The molecule has 0 bridgehead atoms. The highest BCUT2D eigenvalue weighted by Crippen LogP contribution is 2.41. The number of hydrogen-bond acceptors (Lipinski definition) is 3. The van der Waals surface area contributed by atoms with Crippen molar-refractivity contribution in [1.82, 2.24) is 0 Å². The topological polar surface area (TPSA) is 43.1 Å². The first-order valence-electron chi connectivity index (χ1n) is 4.22. The van der Waals surface area contributed by atoms with Crippen LogP contribution in [0, 0.1) is 24.0 Å². The number of halogens is 3. The second-order valence-electron chi connectivity index (χ2n) is 3.21. The zero-order chi connectivity index (χ0) is 12.5. The molecular formula is C9H8F3NO2S. The fourth-order valence-corrected chi connectivity index (χ4v) is 1.98. The van der Waals surface area contributed by atoms with Crippen molar-refractivity contribution in [3.05, 3.63) is 33.4 Å². The molecule has 88 valence electrons. The second-order valence-corrected chi connectivity index (χ2v) is 4.29. The first-order chi connectivity index (χ1) is 7.20. The maximum Gasteiger partial charge on any atom is 0.446 e. The van der Waals surface area contributed by atoms with Gasteiger partial charge in [-0.3, -0.25) is 10.1 Å². The van der Waals surface area contributed by atoms with E-state index in [0.29, 0.717) is 0 Å². The number of aryl methyl sites for hydroxylation is 2. The summed E-state index contributed by atoms with van der Waals surface area (Å²) in [7, 11) is 0. The van der Waals surface area contributed by atoms with Crippen LogP contribution in [0.3, 0.4) is 0 Å². The number of nitro groups is 1. The van der Waals surface area contributed by atoms with Gasteiger partial charge in [0.05, 0.1) is 4.92 Å². The van der Waals surface area contributed by atoms with Gasteiger partial charge < -0.3 is 0 Å². The van der Waals surface area contributed by atoms with E-state index in [1.807, 2.05) is 0 Å². The van der Waals surface area contributed by atoms with E-state index in [2.05, 4.69) is 0 Å². The molecule has 0 aliphatic carbocycles. The molecule has 0 saturated heterocycles. The minimum atomic E-state index is -4.38. The van der Waals surface area contributed by atoms with Gasteiger partial charge in [-0.15, -0.1) is 0 Å². The second kappa shape index (κ2) is 4.32. The zero-order valence-electron chi connectivity index (χ0n) is 8.46. The van der Waals surface area contributed by atoms with Gasteiger partial charge in [-0.2, -0.15) is 13.2 Å². The predicted octanol–water partition coefficient (Wildman–Crippen LogP) is 3.82. The fraction of sp³-hybridized carbons (Fsp3) is 0.333. The molecule has 0 aliphatic heterocycles. The number of hydrogen-bond donors (Lipinski definition) is 0. The molecule has 0 fully saturated rings. The van der Waals surface area contributed by atoms with Crippen LogP contribution in [-0.4, -0.2) is 10.4 Å². The normalized spacial score (nSPS) is 11.6. The summed E-state index contributed by atoms with van der Waals surface area (Å²) >= 11 is -0.248. The van der Waals surface area contributed by atoms with Crippen LogP contribution in [0.4, 0.5) is 18.9 Å². The quantitative estimate of drug-likeness (QED) is 0.456. The Bertz CT molecular complexity index is 408. The van der Waals surface area contributed by atoms with Crippen LogP contribution in [0.15, 0.2) is 17.0 Å². The maximum absolute atomic E-state index is 12.2. The van der Waals surface area contributed by atoms with Crippen LogP contribution in [0.25, 0.3) is 0 Å². The van der Waals surface area contributed by atoms with Crippen molar-refractivity contribution in [2.75, 3.05) is 0 Å². The molecule has 0 saturated carbocycles. The number of rotatable bonds is 2.